The Morgan fingerprint density at radius 1 is 1.38 bits per heavy atom. The van der Waals surface area contributed by atoms with Gasteiger partial charge in [0.15, 0.2) is 8.32 Å². The van der Waals surface area contributed by atoms with Crippen molar-refractivity contribution in [1.82, 2.24) is 0 Å². The Morgan fingerprint density at radius 3 is 2.73 bits per heavy atom. The summed E-state index contributed by atoms with van der Waals surface area (Å²) in [6, 6.07) is 7.47. The van der Waals surface area contributed by atoms with E-state index in [0.717, 1.165) is 18.4 Å². The lowest BCUT2D eigenvalue weighted by molar-refractivity contribution is 0.0287. The number of hydrogen-bond acceptors (Lipinski definition) is 2. The molecule has 0 saturated heterocycles. The molecule has 2 fully saturated rings. The predicted molar refractivity (Wildman–Crippen MR) is 114 cm³/mol. The maximum atomic E-state index is 12.9. The van der Waals surface area contributed by atoms with E-state index in [1.165, 1.54) is 6.42 Å². The third kappa shape index (κ3) is 3.86. The lowest BCUT2D eigenvalue weighted by Crippen LogP contribution is -2.47. The lowest BCUT2D eigenvalue weighted by atomic mass is 9.70. The molecule has 0 amide bonds. The maximum absolute atomic E-state index is 12.9. The molecule has 2 aliphatic rings. The van der Waals surface area contributed by atoms with Gasteiger partial charge in [-0.05, 0) is 67.9 Å². The van der Waals surface area contributed by atoms with Gasteiger partial charge in [0.2, 0.25) is 0 Å². The van der Waals surface area contributed by atoms with Crippen LogP contribution in [0.25, 0.3) is 0 Å². The second kappa shape index (κ2) is 7.15. The Labute approximate surface area is 166 Å². The lowest BCUT2D eigenvalue weighted by Gasteiger charge is -2.43. The monoisotopic (exact) mass is 411 g/mol. The first-order valence-electron chi connectivity index (χ1n) is 9.39. The summed E-state index contributed by atoms with van der Waals surface area (Å²) in [6.45, 7) is 11.4. The summed E-state index contributed by atoms with van der Waals surface area (Å²) >= 11 is 6.02. The zero-order valence-corrected chi connectivity index (χ0v) is 19.0. The van der Waals surface area contributed by atoms with E-state index in [4.69, 9.17) is 16.0 Å². The number of rotatable bonds is 6. The molecule has 2 saturated carbocycles. The van der Waals surface area contributed by atoms with Crippen molar-refractivity contribution in [2.24, 2.45) is 21.1 Å². The molecule has 2 bridgehead atoms. The van der Waals surface area contributed by atoms with E-state index in [1.54, 1.807) is 6.21 Å². The van der Waals surface area contributed by atoms with Gasteiger partial charge in [-0.3, -0.25) is 0 Å². The summed E-state index contributed by atoms with van der Waals surface area (Å²) in [5.74, 6) is 1.25. The van der Waals surface area contributed by atoms with Crippen LogP contribution < -0.4 is 0 Å². The topological polar surface area (TPSA) is 38.7 Å². The van der Waals surface area contributed by atoms with Crippen molar-refractivity contribution in [2.75, 3.05) is 5.75 Å². The largest absolute Gasteiger partial charge is 0.414 e. The van der Waals surface area contributed by atoms with Crippen molar-refractivity contribution in [3.63, 3.8) is 0 Å². The molecule has 6 heteroatoms. The van der Waals surface area contributed by atoms with Gasteiger partial charge < -0.3 is 4.43 Å². The molecule has 4 atom stereocenters. The van der Waals surface area contributed by atoms with Crippen LogP contribution in [-0.2, 0) is 15.4 Å². The highest BCUT2D eigenvalue weighted by atomic mass is 35.5. The zero-order valence-electron chi connectivity index (χ0n) is 16.4. The molecular formula is C20H30ClNO2SSi. The third-order valence-electron chi connectivity index (χ3n) is 6.40. The molecule has 0 heterocycles. The van der Waals surface area contributed by atoms with Crippen LogP contribution in [0.2, 0.25) is 24.7 Å². The van der Waals surface area contributed by atoms with Crippen molar-refractivity contribution in [3.05, 3.63) is 34.9 Å². The summed E-state index contributed by atoms with van der Waals surface area (Å²) in [5.41, 5.74) is 1.00. The van der Waals surface area contributed by atoms with Crippen molar-refractivity contribution in [2.45, 2.75) is 58.9 Å². The Hall–Kier alpha value is -0.493. The fourth-order valence-electron chi connectivity index (χ4n) is 4.90. The Kier molecular flexibility index (Phi) is 5.57. The summed E-state index contributed by atoms with van der Waals surface area (Å²) in [6.07, 6.45) is 5.31. The van der Waals surface area contributed by atoms with E-state index in [0.29, 0.717) is 16.7 Å². The second-order valence-electron chi connectivity index (χ2n) is 9.32. The fourth-order valence-corrected chi connectivity index (χ4v) is 7.73. The van der Waals surface area contributed by atoms with Gasteiger partial charge in [0.25, 0.3) is 0 Å². The van der Waals surface area contributed by atoms with Gasteiger partial charge in [-0.1, -0.05) is 37.6 Å². The highest BCUT2D eigenvalue weighted by Crippen LogP contribution is 2.67. The van der Waals surface area contributed by atoms with Gasteiger partial charge in [0.1, 0.15) is 11.0 Å². The molecule has 1 aromatic rings. The van der Waals surface area contributed by atoms with Gasteiger partial charge in [0.05, 0.1) is 11.9 Å². The highest BCUT2D eigenvalue weighted by molar-refractivity contribution is 7.83. The van der Waals surface area contributed by atoms with E-state index in [-0.39, 0.29) is 16.9 Å². The van der Waals surface area contributed by atoms with Crippen LogP contribution >= 0.6 is 11.6 Å². The second-order valence-corrected chi connectivity index (χ2v) is 15.4. The quantitative estimate of drug-likeness (QED) is 0.459. The molecule has 26 heavy (non-hydrogen) atoms. The molecule has 0 N–H and O–H groups in total. The number of fused-ring (bicyclic) bond motifs is 2. The average molecular weight is 412 g/mol. The van der Waals surface area contributed by atoms with Crippen LogP contribution in [0.5, 0.6) is 0 Å². The van der Waals surface area contributed by atoms with Crippen LogP contribution in [0, 0.1) is 16.7 Å². The number of hydrogen-bond donors (Lipinski definition) is 0. The smallest absolute Gasteiger partial charge is 0.184 e. The van der Waals surface area contributed by atoms with Gasteiger partial charge in [-0.15, -0.1) is 0 Å². The van der Waals surface area contributed by atoms with E-state index >= 15 is 0 Å². The maximum Gasteiger partial charge on any atom is 0.184 e. The fraction of sp³-hybridized carbons (Fsp3) is 0.650. The molecule has 2 aliphatic carbocycles. The van der Waals surface area contributed by atoms with Gasteiger partial charge >= 0.3 is 0 Å². The van der Waals surface area contributed by atoms with Crippen LogP contribution in [0.15, 0.2) is 28.7 Å². The van der Waals surface area contributed by atoms with Crippen molar-refractivity contribution in [3.8, 4) is 0 Å². The van der Waals surface area contributed by atoms with Gasteiger partial charge in [-0.25, -0.2) is 4.21 Å². The summed E-state index contributed by atoms with van der Waals surface area (Å²) < 4.78 is 23.8. The first kappa shape index (κ1) is 20.2. The number of benzene rings is 1. The van der Waals surface area contributed by atoms with Gasteiger partial charge in [-0.2, -0.15) is 4.40 Å². The normalized spacial score (nSPS) is 31.6. The summed E-state index contributed by atoms with van der Waals surface area (Å²) in [4.78, 5) is 0. The minimum Gasteiger partial charge on any atom is -0.414 e. The van der Waals surface area contributed by atoms with Crippen molar-refractivity contribution in [1.29, 1.82) is 0 Å². The number of halogens is 1. The van der Waals surface area contributed by atoms with E-state index in [2.05, 4.69) is 37.9 Å². The van der Waals surface area contributed by atoms with Crippen LogP contribution in [0.4, 0.5) is 0 Å². The predicted octanol–water partition coefficient (Wildman–Crippen LogP) is 5.47. The van der Waals surface area contributed by atoms with Crippen molar-refractivity contribution < 1.29 is 8.63 Å². The molecule has 1 aromatic carbocycles. The Balaban J connectivity index is 1.79. The Morgan fingerprint density at radius 2 is 2.12 bits per heavy atom. The molecule has 3 nitrogen and oxygen atoms in total. The zero-order chi connectivity index (χ0) is 19.2. The first-order valence-corrected chi connectivity index (χ1v) is 14.5. The van der Waals surface area contributed by atoms with Crippen LogP contribution in [0.3, 0.4) is 0 Å². The minimum absolute atomic E-state index is 0.0333. The average Bonchev–Trinajstić information content (AvgIpc) is 2.86. The molecule has 0 unspecified atom stereocenters. The van der Waals surface area contributed by atoms with Gasteiger partial charge in [0, 0.05) is 16.7 Å². The number of nitrogens with zero attached hydrogens (tertiary/aromatic N) is 1. The summed E-state index contributed by atoms with van der Waals surface area (Å²) in [7, 11) is -2.91. The van der Waals surface area contributed by atoms with E-state index in [9.17, 15) is 4.21 Å². The van der Waals surface area contributed by atoms with Crippen molar-refractivity contribution >= 4 is 37.1 Å². The van der Waals surface area contributed by atoms with E-state index in [1.807, 2.05) is 24.3 Å². The molecule has 0 radical (unpaired) electrons. The van der Waals surface area contributed by atoms with Crippen LogP contribution in [-0.4, -0.2) is 30.6 Å². The SMILES string of the molecule is CC1(C)[C@@H]2CC[C@@]1(C[S@](=O)/N=C/c1cccc(Cl)c1)[C@H](O[Si](C)(C)C)C2. The highest BCUT2D eigenvalue weighted by Gasteiger charge is 2.65. The Bertz CT molecular complexity index is 731. The van der Waals surface area contributed by atoms with E-state index < -0.39 is 19.3 Å². The third-order valence-corrected chi connectivity index (χ3v) is 8.73. The molecule has 0 spiro atoms. The molecule has 0 aliphatic heterocycles. The summed E-state index contributed by atoms with van der Waals surface area (Å²) in [5, 5.41) is 0.664. The standard InChI is InChI=1S/C20H30ClNO2SSi/c1-19(2)16-9-10-20(19,18(12-16)24-26(3,4)5)14-25(23)22-13-15-7-6-8-17(21)11-15/h6-8,11,13,16,18H,9-10,12,14H2,1-5H3/b22-13+/t16-,18-,20-,25+/m1/s1. The first-order chi connectivity index (χ1) is 12.0. The molecule has 3 rings (SSSR count). The molecule has 144 valence electrons. The van der Waals surface area contributed by atoms with Crippen LogP contribution in [0.1, 0.15) is 38.7 Å². The molecular weight excluding hydrogens is 382 g/mol. The molecule has 0 aromatic heterocycles. The minimum atomic E-state index is -1.65.